The summed E-state index contributed by atoms with van der Waals surface area (Å²) in [7, 11) is -3.65. The summed E-state index contributed by atoms with van der Waals surface area (Å²) >= 11 is 6.00. The summed E-state index contributed by atoms with van der Waals surface area (Å²) in [6.07, 6.45) is 0. The summed E-state index contributed by atoms with van der Waals surface area (Å²) in [5.41, 5.74) is 8.76. The molecule has 0 unspecified atom stereocenters. The number of rotatable bonds is 4. The van der Waals surface area contributed by atoms with Crippen LogP contribution in [0.2, 0.25) is 5.02 Å². The van der Waals surface area contributed by atoms with Gasteiger partial charge in [0.25, 0.3) is 0 Å². The number of hydrogen-bond donors (Lipinski definition) is 2. The quantitative estimate of drug-likeness (QED) is 0.849. The molecule has 0 bridgehead atoms. The van der Waals surface area contributed by atoms with Crippen LogP contribution >= 0.6 is 11.6 Å². The number of hydrogen-bond acceptors (Lipinski definition) is 3. The molecule has 0 saturated carbocycles. The minimum Gasteiger partial charge on any atom is -0.398 e. The van der Waals surface area contributed by atoms with E-state index < -0.39 is 10.0 Å². The molecule has 0 heterocycles. The topological polar surface area (TPSA) is 72.2 Å². The van der Waals surface area contributed by atoms with E-state index in [4.69, 9.17) is 17.3 Å². The van der Waals surface area contributed by atoms with Gasteiger partial charge < -0.3 is 5.73 Å². The third kappa shape index (κ3) is 3.56. The summed E-state index contributed by atoms with van der Waals surface area (Å²) < 4.78 is 27.2. The van der Waals surface area contributed by atoms with Crippen LogP contribution in [0.3, 0.4) is 0 Å². The normalized spacial score (nSPS) is 11.6. The molecule has 6 heteroatoms. The maximum absolute atomic E-state index is 12.3. The molecule has 2 aromatic carbocycles. The molecule has 112 valence electrons. The van der Waals surface area contributed by atoms with Crippen LogP contribution < -0.4 is 10.5 Å². The average Bonchev–Trinajstić information content (AvgIpc) is 2.43. The van der Waals surface area contributed by atoms with Crippen molar-refractivity contribution in [1.29, 1.82) is 0 Å². The smallest absolute Gasteiger partial charge is 0.240 e. The third-order valence-electron chi connectivity index (χ3n) is 3.38. The van der Waals surface area contributed by atoms with Crippen molar-refractivity contribution < 1.29 is 8.42 Å². The number of nitrogen functional groups attached to an aromatic ring is 1. The van der Waals surface area contributed by atoms with Gasteiger partial charge >= 0.3 is 0 Å². The first-order valence-electron chi connectivity index (χ1n) is 6.41. The van der Waals surface area contributed by atoms with Crippen LogP contribution in [0.25, 0.3) is 0 Å². The molecule has 21 heavy (non-hydrogen) atoms. The van der Waals surface area contributed by atoms with E-state index in [-0.39, 0.29) is 11.4 Å². The highest BCUT2D eigenvalue weighted by Crippen LogP contribution is 2.26. The number of aryl methyl sites for hydroxylation is 1. The zero-order valence-electron chi connectivity index (χ0n) is 11.9. The van der Waals surface area contributed by atoms with Gasteiger partial charge in [-0.2, -0.15) is 0 Å². The number of nitrogens with one attached hydrogen (secondary N) is 1. The minimum atomic E-state index is -3.65. The first-order valence-corrected chi connectivity index (χ1v) is 8.27. The van der Waals surface area contributed by atoms with Crippen LogP contribution in [0, 0.1) is 13.8 Å². The number of halogens is 1. The molecular formula is C15H17ClN2O2S. The van der Waals surface area contributed by atoms with E-state index in [9.17, 15) is 8.42 Å². The van der Waals surface area contributed by atoms with Crippen molar-refractivity contribution in [3.05, 3.63) is 58.1 Å². The molecule has 0 aliphatic heterocycles. The van der Waals surface area contributed by atoms with Gasteiger partial charge in [-0.05, 0) is 42.7 Å². The van der Waals surface area contributed by atoms with Gasteiger partial charge in [-0.15, -0.1) is 0 Å². The first-order chi connectivity index (χ1) is 9.81. The Hall–Kier alpha value is -1.56. The van der Waals surface area contributed by atoms with Gasteiger partial charge in [-0.1, -0.05) is 35.9 Å². The highest BCUT2D eigenvalue weighted by atomic mass is 35.5. The predicted octanol–water partition coefficient (Wildman–Crippen LogP) is 3.02. The molecule has 0 radical (unpaired) electrons. The largest absolute Gasteiger partial charge is 0.398 e. The Balaban J connectivity index is 2.25. The SMILES string of the molecule is Cc1ccccc1CNS(=O)(=O)c1cc(N)c(C)c(Cl)c1. The Morgan fingerprint density at radius 3 is 2.48 bits per heavy atom. The van der Waals surface area contributed by atoms with Crippen molar-refractivity contribution in [3.63, 3.8) is 0 Å². The lowest BCUT2D eigenvalue weighted by molar-refractivity contribution is 0.581. The molecule has 0 fully saturated rings. The summed E-state index contributed by atoms with van der Waals surface area (Å²) in [6, 6.07) is 10.4. The van der Waals surface area contributed by atoms with Crippen molar-refractivity contribution in [3.8, 4) is 0 Å². The molecule has 0 aromatic heterocycles. The van der Waals surface area contributed by atoms with Gasteiger partial charge in [-0.3, -0.25) is 0 Å². The van der Waals surface area contributed by atoms with Crippen LogP contribution in [0.4, 0.5) is 5.69 Å². The molecule has 0 aliphatic carbocycles. The predicted molar refractivity (Wildman–Crippen MR) is 85.8 cm³/mol. The molecule has 0 saturated heterocycles. The number of nitrogens with two attached hydrogens (primary N) is 1. The number of anilines is 1. The standard InChI is InChI=1S/C15H17ClN2O2S/c1-10-5-3-4-6-12(10)9-18-21(19,20)13-7-14(16)11(2)15(17)8-13/h3-8,18H,9,17H2,1-2H3. The molecule has 0 atom stereocenters. The van der Waals surface area contributed by atoms with E-state index in [0.717, 1.165) is 11.1 Å². The van der Waals surface area contributed by atoms with E-state index in [1.165, 1.54) is 12.1 Å². The average molecular weight is 325 g/mol. The summed E-state index contributed by atoms with van der Waals surface area (Å²) in [5.74, 6) is 0. The highest BCUT2D eigenvalue weighted by molar-refractivity contribution is 7.89. The van der Waals surface area contributed by atoms with Crippen molar-refractivity contribution in [2.75, 3.05) is 5.73 Å². The lowest BCUT2D eigenvalue weighted by atomic mass is 10.1. The molecule has 0 spiro atoms. The summed E-state index contributed by atoms with van der Waals surface area (Å²) in [5, 5.41) is 0.339. The lowest BCUT2D eigenvalue weighted by Gasteiger charge is -2.11. The molecule has 2 rings (SSSR count). The monoisotopic (exact) mass is 324 g/mol. The molecule has 2 aromatic rings. The lowest BCUT2D eigenvalue weighted by Crippen LogP contribution is -2.23. The fourth-order valence-corrected chi connectivity index (χ4v) is 3.25. The molecule has 0 aliphatic rings. The minimum absolute atomic E-state index is 0.0733. The van der Waals surface area contributed by atoms with Gasteiger partial charge in [0.1, 0.15) is 0 Å². The second-order valence-electron chi connectivity index (χ2n) is 4.87. The zero-order valence-corrected chi connectivity index (χ0v) is 13.4. The van der Waals surface area contributed by atoms with Gasteiger partial charge in [0.15, 0.2) is 0 Å². The van der Waals surface area contributed by atoms with Gasteiger partial charge in [0.2, 0.25) is 10.0 Å². The van der Waals surface area contributed by atoms with Gasteiger partial charge in [-0.25, -0.2) is 13.1 Å². The van der Waals surface area contributed by atoms with E-state index in [0.29, 0.717) is 16.3 Å². The van der Waals surface area contributed by atoms with Crippen molar-refractivity contribution >= 4 is 27.3 Å². The van der Waals surface area contributed by atoms with E-state index in [1.807, 2.05) is 31.2 Å². The summed E-state index contributed by atoms with van der Waals surface area (Å²) in [4.78, 5) is 0.0733. The van der Waals surface area contributed by atoms with Crippen molar-refractivity contribution in [2.24, 2.45) is 0 Å². The molecule has 3 N–H and O–H groups in total. The highest BCUT2D eigenvalue weighted by Gasteiger charge is 2.16. The molecule has 0 amide bonds. The van der Waals surface area contributed by atoms with Crippen LogP contribution in [0.5, 0.6) is 0 Å². The summed E-state index contributed by atoms with van der Waals surface area (Å²) in [6.45, 7) is 3.90. The van der Waals surface area contributed by atoms with E-state index >= 15 is 0 Å². The Kier molecular flexibility index (Phi) is 4.56. The second kappa shape index (κ2) is 6.05. The molecular weight excluding hydrogens is 308 g/mol. The first kappa shape index (κ1) is 15.8. The van der Waals surface area contributed by atoms with Gasteiger partial charge in [0, 0.05) is 17.3 Å². The van der Waals surface area contributed by atoms with E-state index in [1.54, 1.807) is 6.92 Å². The van der Waals surface area contributed by atoms with Crippen molar-refractivity contribution in [2.45, 2.75) is 25.3 Å². The fourth-order valence-electron chi connectivity index (χ4n) is 1.89. The Bertz CT molecular complexity index is 750. The zero-order chi connectivity index (χ0) is 15.6. The Labute approximate surface area is 130 Å². The maximum atomic E-state index is 12.3. The maximum Gasteiger partial charge on any atom is 0.240 e. The van der Waals surface area contributed by atoms with Crippen LogP contribution in [0.1, 0.15) is 16.7 Å². The number of benzene rings is 2. The fraction of sp³-hybridized carbons (Fsp3) is 0.200. The number of sulfonamides is 1. The third-order valence-corrected chi connectivity index (χ3v) is 5.16. The Morgan fingerprint density at radius 1 is 1.19 bits per heavy atom. The molecule has 4 nitrogen and oxygen atoms in total. The van der Waals surface area contributed by atoms with Gasteiger partial charge in [0.05, 0.1) is 4.90 Å². The Morgan fingerprint density at radius 2 is 1.86 bits per heavy atom. The van der Waals surface area contributed by atoms with Crippen LogP contribution in [-0.2, 0) is 16.6 Å². The van der Waals surface area contributed by atoms with Crippen LogP contribution in [0.15, 0.2) is 41.3 Å². The van der Waals surface area contributed by atoms with Crippen molar-refractivity contribution in [1.82, 2.24) is 4.72 Å². The van der Waals surface area contributed by atoms with E-state index in [2.05, 4.69) is 4.72 Å². The van der Waals surface area contributed by atoms with Crippen LogP contribution in [-0.4, -0.2) is 8.42 Å². The second-order valence-corrected chi connectivity index (χ2v) is 7.04.